The van der Waals surface area contributed by atoms with Crippen LogP contribution in [0.3, 0.4) is 0 Å². The predicted molar refractivity (Wildman–Crippen MR) is 73.6 cm³/mol. The van der Waals surface area contributed by atoms with Crippen LogP contribution in [0.4, 0.5) is 0 Å². The first-order valence-corrected chi connectivity index (χ1v) is 8.43. The molecule has 2 fully saturated rings. The van der Waals surface area contributed by atoms with E-state index >= 15 is 0 Å². The molecule has 3 N–H and O–H groups in total. The van der Waals surface area contributed by atoms with Gasteiger partial charge in [-0.15, -0.1) is 0 Å². The molecule has 8 nitrogen and oxygen atoms in total. The van der Waals surface area contributed by atoms with Gasteiger partial charge in [0, 0.05) is 18.6 Å². The quantitative estimate of drug-likeness (QED) is 0.716. The molecule has 21 heavy (non-hydrogen) atoms. The number of aromatic nitrogens is 2. The molecule has 2 unspecified atom stereocenters. The summed E-state index contributed by atoms with van der Waals surface area (Å²) < 4.78 is 27.7. The molecule has 1 aromatic rings. The summed E-state index contributed by atoms with van der Waals surface area (Å²) in [5.41, 5.74) is -0.220. The van der Waals surface area contributed by atoms with E-state index in [1.807, 2.05) is 0 Å². The third kappa shape index (κ3) is 2.45. The molecule has 0 bridgehead atoms. The fraction of sp³-hybridized carbons (Fsp3) is 0.667. The van der Waals surface area contributed by atoms with Crippen molar-refractivity contribution in [1.82, 2.24) is 19.8 Å². The van der Waals surface area contributed by atoms with Crippen LogP contribution in [-0.2, 0) is 10.0 Å². The highest BCUT2D eigenvalue weighted by Gasteiger charge is 2.40. The van der Waals surface area contributed by atoms with Crippen molar-refractivity contribution in [3.05, 3.63) is 11.4 Å². The van der Waals surface area contributed by atoms with Crippen molar-refractivity contribution in [2.75, 3.05) is 13.1 Å². The van der Waals surface area contributed by atoms with Crippen LogP contribution in [0.25, 0.3) is 0 Å². The van der Waals surface area contributed by atoms with Gasteiger partial charge in [0.25, 0.3) is 0 Å². The van der Waals surface area contributed by atoms with Gasteiger partial charge in [0.2, 0.25) is 10.0 Å². The van der Waals surface area contributed by atoms with Crippen LogP contribution in [0.5, 0.6) is 0 Å². The Labute approximate surface area is 122 Å². The molecule has 0 saturated carbocycles. The Kier molecular flexibility index (Phi) is 3.50. The van der Waals surface area contributed by atoms with E-state index in [4.69, 9.17) is 5.11 Å². The Bertz CT molecular complexity index is 669. The number of aryl methyl sites for hydroxylation is 1. The van der Waals surface area contributed by atoms with Crippen LogP contribution in [-0.4, -0.2) is 59.8 Å². The fourth-order valence-electron chi connectivity index (χ4n) is 3.37. The van der Waals surface area contributed by atoms with E-state index in [-0.39, 0.29) is 22.7 Å². The molecule has 3 rings (SSSR count). The third-order valence-corrected chi connectivity index (χ3v) is 5.92. The Morgan fingerprint density at radius 3 is 2.90 bits per heavy atom. The molecule has 9 heteroatoms. The van der Waals surface area contributed by atoms with Gasteiger partial charge in [-0.25, -0.2) is 17.9 Å². The number of nitrogens with zero attached hydrogens (tertiary/aromatic N) is 2. The van der Waals surface area contributed by atoms with Gasteiger partial charge in [-0.05, 0) is 32.7 Å². The molecule has 1 aromatic heterocycles. The lowest BCUT2D eigenvalue weighted by Crippen LogP contribution is -2.42. The number of aromatic carboxylic acids is 1. The van der Waals surface area contributed by atoms with E-state index in [2.05, 4.69) is 19.8 Å². The maximum atomic E-state index is 12.5. The molecule has 2 aliphatic heterocycles. The van der Waals surface area contributed by atoms with E-state index < -0.39 is 21.7 Å². The number of sulfonamides is 1. The Morgan fingerprint density at radius 2 is 2.19 bits per heavy atom. The number of rotatable bonds is 4. The van der Waals surface area contributed by atoms with Gasteiger partial charge in [-0.3, -0.25) is 10.00 Å². The largest absolute Gasteiger partial charge is 0.476 e. The molecule has 0 radical (unpaired) electrons. The smallest absolute Gasteiger partial charge is 0.357 e. The molecule has 116 valence electrons. The normalized spacial score (nSPS) is 26.1. The average molecular weight is 314 g/mol. The number of carboxylic acid groups (broad SMARTS) is 1. The third-order valence-electron chi connectivity index (χ3n) is 4.27. The molecule has 3 heterocycles. The Morgan fingerprint density at radius 1 is 1.43 bits per heavy atom. The number of carbonyl (C=O) groups is 1. The van der Waals surface area contributed by atoms with Crippen molar-refractivity contribution in [3.8, 4) is 0 Å². The first-order valence-electron chi connectivity index (χ1n) is 6.95. The maximum absolute atomic E-state index is 12.5. The second kappa shape index (κ2) is 5.08. The molecule has 2 saturated heterocycles. The Hall–Kier alpha value is -1.45. The van der Waals surface area contributed by atoms with Crippen molar-refractivity contribution >= 4 is 16.0 Å². The Balaban J connectivity index is 1.88. The number of H-pyrrole nitrogens is 1. The van der Waals surface area contributed by atoms with Crippen LogP contribution in [0, 0.1) is 6.92 Å². The SMILES string of the molecule is Cc1[nH]nc(C(=O)O)c1S(=O)(=O)NC1CCN2CCCC12. The summed E-state index contributed by atoms with van der Waals surface area (Å²) in [6.07, 6.45) is 2.81. The van der Waals surface area contributed by atoms with Crippen LogP contribution in [0.15, 0.2) is 4.90 Å². The van der Waals surface area contributed by atoms with Crippen LogP contribution in [0.1, 0.15) is 35.4 Å². The zero-order valence-corrected chi connectivity index (χ0v) is 12.5. The number of carboxylic acids is 1. The predicted octanol–water partition coefficient (Wildman–Crippen LogP) is -0.0687. The standard InChI is InChI=1S/C12H18N4O4S/c1-7-11(10(12(17)18)14-13-7)21(19,20)15-8-4-6-16-5-2-3-9(8)16/h8-9,15H,2-6H2,1H3,(H,13,14)(H,17,18). The number of fused-ring (bicyclic) bond motifs is 1. The van der Waals surface area contributed by atoms with Gasteiger partial charge in [0.1, 0.15) is 4.90 Å². The minimum absolute atomic E-state index is 0.159. The summed E-state index contributed by atoms with van der Waals surface area (Å²) in [7, 11) is -3.90. The van der Waals surface area contributed by atoms with Crippen LogP contribution < -0.4 is 4.72 Å². The maximum Gasteiger partial charge on any atom is 0.357 e. The number of nitrogens with one attached hydrogen (secondary N) is 2. The lowest BCUT2D eigenvalue weighted by Gasteiger charge is -2.21. The summed E-state index contributed by atoms with van der Waals surface area (Å²) in [5, 5.41) is 15.1. The van der Waals surface area contributed by atoms with E-state index in [0.717, 1.165) is 32.4 Å². The summed E-state index contributed by atoms with van der Waals surface area (Å²) in [5.74, 6) is -1.35. The van der Waals surface area contributed by atoms with Gasteiger partial charge >= 0.3 is 5.97 Å². The highest BCUT2D eigenvalue weighted by molar-refractivity contribution is 7.89. The van der Waals surface area contributed by atoms with Crippen LogP contribution in [0.2, 0.25) is 0 Å². The van der Waals surface area contributed by atoms with Gasteiger partial charge in [0.15, 0.2) is 5.69 Å². The highest BCUT2D eigenvalue weighted by atomic mass is 32.2. The molecule has 2 aliphatic rings. The van der Waals surface area contributed by atoms with Crippen molar-refractivity contribution in [1.29, 1.82) is 0 Å². The molecule has 0 spiro atoms. The molecule has 0 amide bonds. The van der Waals surface area contributed by atoms with E-state index in [9.17, 15) is 13.2 Å². The molecule has 0 aliphatic carbocycles. The summed E-state index contributed by atoms with van der Waals surface area (Å²) in [6, 6.07) is 0.0636. The first-order chi connectivity index (χ1) is 9.90. The molecule has 2 atom stereocenters. The fourth-order valence-corrected chi connectivity index (χ4v) is 5.00. The second-order valence-corrected chi connectivity index (χ2v) is 7.24. The lowest BCUT2D eigenvalue weighted by molar-refractivity contribution is 0.0686. The van der Waals surface area contributed by atoms with Gasteiger partial charge in [-0.2, -0.15) is 5.10 Å². The van der Waals surface area contributed by atoms with Crippen LogP contribution >= 0.6 is 0 Å². The minimum atomic E-state index is -3.90. The highest BCUT2D eigenvalue weighted by Crippen LogP contribution is 2.29. The van der Waals surface area contributed by atoms with E-state index in [1.165, 1.54) is 6.92 Å². The number of aromatic amines is 1. The molecular formula is C12H18N4O4S. The van der Waals surface area contributed by atoms with Crippen molar-refractivity contribution < 1.29 is 18.3 Å². The monoisotopic (exact) mass is 314 g/mol. The summed E-state index contributed by atoms with van der Waals surface area (Å²) in [6.45, 7) is 3.40. The van der Waals surface area contributed by atoms with Crippen molar-refractivity contribution in [3.63, 3.8) is 0 Å². The zero-order chi connectivity index (χ0) is 15.2. The molecular weight excluding hydrogens is 296 g/mol. The molecule has 0 aromatic carbocycles. The lowest BCUT2D eigenvalue weighted by atomic mass is 10.1. The number of hydrogen-bond acceptors (Lipinski definition) is 5. The minimum Gasteiger partial charge on any atom is -0.476 e. The van der Waals surface area contributed by atoms with Gasteiger partial charge in [-0.1, -0.05) is 0 Å². The summed E-state index contributed by atoms with van der Waals surface area (Å²) >= 11 is 0. The zero-order valence-electron chi connectivity index (χ0n) is 11.7. The van der Waals surface area contributed by atoms with Gasteiger partial charge in [0.05, 0.1) is 5.69 Å². The topological polar surface area (TPSA) is 115 Å². The summed E-state index contributed by atoms with van der Waals surface area (Å²) in [4.78, 5) is 13.1. The average Bonchev–Trinajstić information content (AvgIpc) is 3.05. The van der Waals surface area contributed by atoms with E-state index in [1.54, 1.807) is 0 Å². The van der Waals surface area contributed by atoms with Gasteiger partial charge < -0.3 is 5.11 Å². The number of hydrogen-bond donors (Lipinski definition) is 3. The van der Waals surface area contributed by atoms with Crippen molar-refractivity contribution in [2.45, 2.75) is 43.2 Å². The van der Waals surface area contributed by atoms with Crippen molar-refractivity contribution in [2.24, 2.45) is 0 Å². The first kappa shape index (κ1) is 14.5. The van der Waals surface area contributed by atoms with E-state index in [0.29, 0.717) is 0 Å². The second-order valence-electron chi connectivity index (χ2n) is 5.59.